The van der Waals surface area contributed by atoms with Crippen LogP contribution in [0.5, 0.6) is 0 Å². The summed E-state index contributed by atoms with van der Waals surface area (Å²) in [6, 6.07) is 9.24. The predicted octanol–water partition coefficient (Wildman–Crippen LogP) is 2.87. The first-order chi connectivity index (χ1) is 12.9. The van der Waals surface area contributed by atoms with Gasteiger partial charge in [-0.05, 0) is 66.5 Å². The van der Waals surface area contributed by atoms with Crippen LogP contribution in [0, 0.1) is 0 Å². The van der Waals surface area contributed by atoms with Gasteiger partial charge in [-0.1, -0.05) is 24.3 Å². The monoisotopic (exact) mass is 388 g/mol. The van der Waals surface area contributed by atoms with Crippen molar-refractivity contribution < 1.29 is 14.0 Å². The Morgan fingerprint density at radius 3 is 2.11 bits per heavy atom. The molecule has 2 saturated heterocycles. The minimum absolute atomic E-state index is 0.0867. The number of benzene rings is 1. The van der Waals surface area contributed by atoms with Crippen molar-refractivity contribution in [3.8, 4) is 0 Å². The van der Waals surface area contributed by atoms with Crippen LogP contribution in [-0.4, -0.2) is 66.6 Å². The Bertz CT molecular complexity index is 647. The highest BCUT2D eigenvalue weighted by Crippen LogP contribution is 2.36. The molecule has 0 bridgehead atoms. The summed E-state index contributed by atoms with van der Waals surface area (Å²) >= 11 is 0. The van der Waals surface area contributed by atoms with Crippen LogP contribution in [0.2, 0.25) is 0 Å². The number of hydrogen-bond donors (Lipinski definition) is 0. The van der Waals surface area contributed by atoms with Crippen molar-refractivity contribution >= 4 is 12.6 Å². The van der Waals surface area contributed by atoms with Gasteiger partial charge in [-0.15, -0.1) is 0 Å². The summed E-state index contributed by atoms with van der Waals surface area (Å²) in [6.07, 6.45) is 0. The van der Waals surface area contributed by atoms with Gasteiger partial charge in [-0.2, -0.15) is 0 Å². The van der Waals surface area contributed by atoms with E-state index in [1.54, 1.807) is 0 Å². The van der Waals surface area contributed by atoms with Crippen molar-refractivity contribution in [3.05, 3.63) is 29.8 Å². The topological polar surface area (TPSA) is 34.2 Å². The van der Waals surface area contributed by atoms with Crippen LogP contribution in [0.4, 0.5) is 0 Å². The second kappa shape index (κ2) is 7.73. The predicted molar refractivity (Wildman–Crippen MR) is 115 cm³/mol. The summed E-state index contributed by atoms with van der Waals surface area (Å²) in [4.78, 5) is 4.78. The van der Waals surface area contributed by atoms with E-state index in [1.807, 2.05) is 0 Å². The van der Waals surface area contributed by atoms with E-state index in [4.69, 9.17) is 14.0 Å². The van der Waals surface area contributed by atoms with E-state index >= 15 is 0 Å². The Morgan fingerprint density at radius 2 is 1.61 bits per heavy atom. The Hall–Kier alpha value is -0.915. The Labute approximate surface area is 171 Å². The van der Waals surface area contributed by atoms with E-state index < -0.39 is 0 Å². The first-order valence-electron chi connectivity index (χ1n) is 10.4. The number of hydrogen-bond acceptors (Lipinski definition) is 5. The van der Waals surface area contributed by atoms with Gasteiger partial charge in [0.2, 0.25) is 0 Å². The highest BCUT2D eigenvalue weighted by Gasteiger charge is 2.51. The number of nitrogens with zero attached hydrogens (tertiary/aromatic N) is 2. The average molecular weight is 388 g/mol. The van der Waals surface area contributed by atoms with Crippen molar-refractivity contribution in [2.75, 3.05) is 26.9 Å². The molecule has 0 atom stereocenters. The zero-order valence-electron chi connectivity index (χ0n) is 18.9. The summed E-state index contributed by atoms with van der Waals surface area (Å²) < 4.78 is 18.2. The van der Waals surface area contributed by atoms with Crippen molar-refractivity contribution in [3.63, 3.8) is 0 Å². The third-order valence-electron chi connectivity index (χ3n) is 6.17. The number of likely N-dealkylation sites (tertiary alicyclic amines) is 1. The smallest absolute Gasteiger partial charge is 0.399 e. The fourth-order valence-electron chi connectivity index (χ4n) is 3.37. The molecule has 1 aromatic carbocycles. The van der Waals surface area contributed by atoms with Gasteiger partial charge in [0.25, 0.3) is 0 Å². The van der Waals surface area contributed by atoms with Crippen molar-refractivity contribution in [2.45, 2.75) is 77.9 Å². The van der Waals surface area contributed by atoms with E-state index in [0.717, 1.165) is 25.1 Å². The normalized spacial score (nSPS) is 22.7. The second-order valence-electron chi connectivity index (χ2n) is 10.3. The molecule has 156 valence electrons. The number of rotatable bonds is 6. The lowest BCUT2D eigenvalue weighted by atomic mass is 9.79. The molecular weight excluding hydrogens is 351 g/mol. The van der Waals surface area contributed by atoms with Crippen LogP contribution in [-0.2, 0) is 20.6 Å². The minimum Gasteiger partial charge on any atom is -0.399 e. The highest BCUT2D eigenvalue weighted by molar-refractivity contribution is 6.62. The maximum Gasteiger partial charge on any atom is 0.494 e. The van der Waals surface area contributed by atoms with Gasteiger partial charge in [0, 0.05) is 25.7 Å². The van der Waals surface area contributed by atoms with Crippen LogP contribution < -0.4 is 5.46 Å². The average Bonchev–Trinajstić information content (AvgIpc) is 2.76. The molecule has 0 radical (unpaired) electrons. The van der Waals surface area contributed by atoms with Gasteiger partial charge in [-0.25, -0.2) is 0 Å². The van der Waals surface area contributed by atoms with Gasteiger partial charge in [-0.3, -0.25) is 9.80 Å². The van der Waals surface area contributed by atoms with E-state index in [-0.39, 0.29) is 23.9 Å². The van der Waals surface area contributed by atoms with Gasteiger partial charge < -0.3 is 14.0 Å². The van der Waals surface area contributed by atoms with Gasteiger partial charge in [0.15, 0.2) is 0 Å². The maximum absolute atomic E-state index is 6.14. The lowest BCUT2D eigenvalue weighted by molar-refractivity contribution is -0.0893. The van der Waals surface area contributed by atoms with Crippen molar-refractivity contribution in [2.24, 2.45) is 0 Å². The summed E-state index contributed by atoms with van der Waals surface area (Å²) in [6.45, 7) is 18.5. The van der Waals surface area contributed by atoms with E-state index in [2.05, 4.69) is 89.6 Å². The Kier molecular flexibility index (Phi) is 6.01. The number of likely N-dealkylation sites (N-methyl/N-ethyl adjacent to an activating group) is 1. The van der Waals surface area contributed by atoms with E-state index in [0.29, 0.717) is 12.8 Å². The quantitative estimate of drug-likeness (QED) is 0.553. The standard InChI is InChI=1S/C22H37BN2O3/c1-20(2,3)26-16-24(8)19-14-25(15-19)13-17-9-11-18(12-10-17)23-27-21(4,5)22(6,7)28-23/h9-12,19H,13-16H2,1-8H3. The summed E-state index contributed by atoms with van der Waals surface area (Å²) in [5.74, 6) is 0. The van der Waals surface area contributed by atoms with Gasteiger partial charge >= 0.3 is 7.12 Å². The first-order valence-corrected chi connectivity index (χ1v) is 10.4. The molecule has 5 nitrogen and oxygen atoms in total. The summed E-state index contributed by atoms with van der Waals surface area (Å²) in [7, 11) is 1.86. The molecule has 0 saturated carbocycles. The molecule has 0 aromatic heterocycles. The molecule has 1 aromatic rings. The van der Waals surface area contributed by atoms with E-state index in [9.17, 15) is 0 Å². The molecule has 2 fully saturated rings. The largest absolute Gasteiger partial charge is 0.494 e. The van der Waals surface area contributed by atoms with Crippen LogP contribution in [0.3, 0.4) is 0 Å². The molecule has 0 spiro atoms. The molecule has 3 rings (SSSR count). The zero-order valence-corrected chi connectivity index (χ0v) is 18.9. The molecule has 0 N–H and O–H groups in total. The molecule has 2 heterocycles. The van der Waals surface area contributed by atoms with E-state index in [1.165, 1.54) is 5.56 Å². The molecule has 0 amide bonds. The summed E-state index contributed by atoms with van der Waals surface area (Å²) in [5.41, 5.74) is 1.73. The lowest BCUT2D eigenvalue weighted by Crippen LogP contribution is -2.58. The molecule has 2 aliphatic heterocycles. The van der Waals surface area contributed by atoms with Crippen molar-refractivity contribution in [1.82, 2.24) is 9.80 Å². The van der Waals surface area contributed by atoms with Gasteiger partial charge in [0.05, 0.1) is 23.5 Å². The zero-order chi connectivity index (χ0) is 20.7. The fourth-order valence-corrected chi connectivity index (χ4v) is 3.37. The molecule has 28 heavy (non-hydrogen) atoms. The van der Waals surface area contributed by atoms with Gasteiger partial charge in [0.1, 0.15) is 0 Å². The molecule has 2 aliphatic rings. The third kappa shape index (κ3) is 4.97. The molecule has 0 unspecified atom stereocenters. The van der Waals surface area contributed by atoms with Crippen molar-refractivity contribution in [1.29, 1.82) is 0 Å². The fraction of sp³-hybridized carbons (Fsp3) is 0.727. The molecular formula is C22H37BN2O3. The molecule has 0 aliphatic carbocycles. The number of ether oxygens (including phenoxy) is 1. The van der Waals surface area contributed by atoms with Crippen LogP contribution in [0.1, 0.15) is 54.0 Å². The Morgan fingerprint density at radius 1 is 1.07 bits per heavy atom. The third-order valence-corrected chi connectivity index (χ3v) is 6.17. The highest BCUT2D eigenvalue weighted by atomic mass is 16.7. The second-order valence-corrected chi connectivity index (χ2v) is 10.3. The Balaban J connectivity index is 1.46. The minimum atomic E-state index is -0.300. The summed E-state index contributed by atoms with van der Waals surface area (Å²) in [5, 5.41) is 0. The first kappa shape index (κ1) is 21.8. The lowest BCUT2D eigenvalue weighted by Gasteiger charge is -2.44. The maximum atomic E-state index is 6.14. The van der Waals surface area contributed by atoms with Crippen LogP contribution in [0.25, 0.3) is 0 Å². The van der Waals surface area contributed by atoms with Crippen LogP contribution >= 0.6 is 0 Å². The van der Waals surface area contributed by atoms with Crippen LogP contribution in [0.15, 0.2) is 24.3 Å². The SMILES string of the molecule is CN(COC(C)(C)C)C1CN(Cc2ccc(B3OC(C)(C)C(C)(C)O3)cc2)C1. The molecule has 6 heteroatoms.